The summed E-state index contributed by atoms with van der Waals surface area (Å²) in [5.41, 5.74) is 0.562. The zero-order valence-electron chi connectivity index (χ0n) is 12.0. The smallest absolute Gasteiger partial charge is 0.249 e. The maximum Gasteiger partial charge on any atom is 0.249 e. The molecule has 1 aromatic carbocycles. The molecule has 0 unspecified atom stereocenters. The Hall–Kier alpha value is -3.10. The first kappa shape index (κ1) is 13.6. The van der Waals surface area contributed by atoms with Gasteiger partial charge in [0, 0.05) is 11.8 Å². The summed E-state index contributed by atoms with van der Waals surface area (Å²) in [6, 6.07) is 4.40. The third kappa shape index (κ3) is 2.45. The van der Waals surface area contributed by atoms with Crippen LogP contribution < -0.4 is 20.1 Å². The minimum Gasteiger partial charge on any atom is -0.486 e. The Morgan fingerprint density at radius 1 is 1.30 bits per heavy atom. The van der Waals surface area contributed by atoms with Crippen molar-refractivity contribution in [3.63, 3.8) is 0 Å². The predicted molar refractivity (Wildman–Crippen MR) is 78.4 cm³/mol. The van der Waals surface area contributed by atoms with Crippen molar-refractivity contribution in [3.8, 4) is 11.5 Å². The quantitative estimate of drug-likeness (QED) is 0.839. The lowest BCUT2D eigenvalue weighted by molar-refractivity contribution is -0.125. The van der Waals surface area contributed by atoms with Crippen LogP contribution in [-0.2, 0) is 9.59 Å². The van der Waals surface area contributed by atoms with E-state index in [0.29, 0.717) is 30.4 Å². The van der Waals surface area contributed by atoms with Crippen molar-refractivity contribution in [2.75, 3.05) is 23.8 Å². The first-order chi connectivity index (χ1) is 11.2. The van der Waals surface area contributed by atoms with E-state index >= 15 is 0 Å². The van der Waals surface area contributed by atoms with E-state index in [9.17, 15) is 9.59 Å². The van der Waals surface area contributed by atoms with E-state index in [1.165, 1.54) is 11.0 Å². The summed E-state index contributed by atoms with van der Waals surface area (Å²) in [4.78, 5) is 28.1. The average molecular weight is 315 g/mol. The molecule has 2 N–H and O–H groups in total. The molecule has 2 aliphatic heterocycles. The van der Waals surface area contributed by atoms with Crippen molar-refractivity contribution in [2.45, 2.75) is 12.5 Å². The lowest BCUT2D eigenvalue weighted by atomic mass is 10.1. The molecule has 0 radical (unpaired) electrons. The summed E-state index contributed by atoms with van der Waals surface area (Å²) >= 11 is 0. The van der Waals surface area contributed by atoms with E-state index in [0.717, 1.165) is 0 Å². The third-order valence-corrected chi connectivity index (χ3v) is 3.61. The van der Waals surface area contributed by atoms with Crippen molar-refractivity contribution in [2.24, 2.45) is 0 Å². The van der Waals surface area contributed by atoms with Crippen LogP contribution >= 0.6 is 0 Å². The highest BCUT2D eigenvalue weighted by molar-refractivity contribution is 6.00. The van der Waals surface area contributed by atoms with Gasteiger partial charge in [-0.05, 0) is 12.1 Å². The molecule has 0 spiro atoms. The van der Waals surface area contributed by atoms with Gasteiger partial charge in [-0.25, -0.2) is 4.68 Å². The fourth-order valence-corrected chi connectivity index (χ4v) is 2.56. The summed E-state index contributed by atoms with van der Waals surface area (Å²) in [6.45, 7) is 0.973. The van der Waals surface area contributed by atoms with Gasteiger partial charge in [-0.1, -0.05) is 0 Å². The molecule has 0 saturated carbocycles. The number of nitrogens with one attached hydrogen (secondary N) is 2. The van der Waals surface area contributed by atoms with Gasteiger partial charge in [-0.15, -0.1) is 0 Å². The second-order valence-electron chi connectivity index (χ2n) is 5.14. The van der Waals surface area contributed by atoms with Crippen LogP contribution in [0.3, 0.4) is 0 Å². The predicted octanol–water partition coefficient (Wildman–Crippen LogP) is 0.571. The van der Waals surface area contributed by atoms with Crippen LogP contribution in [0.15, 0.2) is 24.5 Å². The largest absolute Gasteiger partial charge is 0.486 e. The highest BCUT2D eigenvalue weighted by Gasteiger charge is 2.32. The molecule has 2 amide bonds. The lowest BCUT2D eigenvalue weighted by Crippen LogP contribution is -2.36. The molecule has 1 atom stereocenters. The Morgan fingerprint density at radius 3 is 3.00 bits per heavy atom. The standard InChI is InChI=1S/C14H13N5O4/c20-12-6-9(19-14(18-12)15-7-16-19)13(21)17-8-1-2-10-11(5-8)23-4-3-22-10/h1-2,5,7,9H,3-4,6H2,(H,17,21)(H,15,16,18,20)/t9-/m1/s1. The van der Waals surface area contributed by atoms with Gasteiger partial charge in [0.2, 0.25) is 17.8 Å². The van der Waals surface area contributed by atoms with Gasteiger partial charge in [0.25, 0.3) is 0 Å². The molecule has 1 aromatic heterocycles. The number of nitrogens with zero attached hydrogens (tertiary/aromatic N) is 3. The summed E-state index contributed by atoms with van der Waals surface area (Å²) in [5.74, 6) is 0.876. The average Bonchev–Trinajstić information content (AvgIpc) is 3.02. The van der Waals surface area contributed by atoms with E-state index in [1.807, 2.05) is 0 Å². The first-order valence-electron chi connectivity index (χ1n) is 7.10. The Balaban J connectivity index is 1.56. The maximum absolute atomic E-state index is 12.5. The number of aromatic nitrogens is 3. The van der Waals surface area contributed by atoms with Crippen LogP contribution in [0.1, 0.15) is 12.5 Å². The van der Waals surface area contributed by atoms with Crippen LogP contribution in [0, 0.1) is 0 Å². The van der Waals surface area contributed by atoms with Gasteiger partial charge in [0.15, 0.2) is 11.5 Å². The Labute approximate surface area is 130 Å². The second-order valence-corrected chi connectivity index (χ2v) is 5.14. The number of benzene rings is 1. The van der Waals surface area contributed by atoms with Gasteiger partial charge in [-0.3, -0.25) is 14.9 Å². The van der Waals surface area contributed by atoms with Crippen LogP contribution in [0.2, 0.25) is 0 Å². The minimum atomic E-state index is -0.741. The molecule has 2 aromatic rings. The summed E-state index contributed by atoms with van der Waals surface area (Å²) in [5, 5.41) is 9.32. The molecule has 4 rings (SSSR count). The number of fused-ring (bicyclic) bond motifs is 2. The number of hydrogen-bond donors (Lipinski definition) is 2. The number of rotatable bonds is 2. The van der Waals surface area contributed by atoms with Crippen molar-refractivity contribution in [3.05, 3.63) is 24.5 Å². The summed E-state index contributed by atoms with van der Waals surface area (Å²) in [6.07, 6.45) is 1.30. The molecule has 118 valence electrons. The number of ether oxygens (including phenoxy) is 2. The van der Waals surface area contributed by atoms with Gasteiger partial charge in [-0.2, -0.15) is 10.1 Å². The van der Waals surface area contributed by atoms with E-state index in [1.54, 1.807) is 18.2 Å². The molecule has 0 aliphatic carbocycles. The fourth-order valence-electron chi connectivity index (χ4n) is 2.56. The molecule has 3 heterocycles. The molecule has 9 nitrogen and oxygen atoms in total. The van der Waals surface area contributed by atoms with Crippen LogP contribution in [0.5, 0.6) is 11.5 Å². The first-order valence-corrected chi connectivity index (χ1v) is 7.10. The van der Waals surface area contributed by atoms with Crippen molar-refractivity contribution in [1.82, 2.24) is 14.8 Å². The highest BCUT2D eigenvalue weighted by Crippen LogP contribution is 2.33. The van der Waals surface area contributed by atoms with E-state index in [4.69, 9.17) is 9.47 Å². The summed E-state index contributed by atoms with van der Waals surface area (Å²) < 4.78 is 12.3. The van der Waals surface area contributed by atoms with E-state index < -0.39 is 6.04 Å². The third-order valence-electron chi connectivity index (χ3n) is 3.61. The van der Waals surface area contributed by atoms with Gasteiger partial charge in [0.05, 0.1) is 6.42 Å². The van der Waals surface area contributed by atoms with Crippen LogP contribution in [-0.4, -0.2) is 39.8 Å². The Morgan fingerprint density at radius 2 is 2.13 bits per heavy atom. The fraction of sp³-hybridized carbons (Fsp3) is 0.286. The number of hydrogen-bond acceptors (Lipinski definition) is 6. The second kappa shape index (κ2) is 5.27. The molecule has 0 saturated heterocycles. The van der Waals surface area contributed by atoms with Gasteiger partial charge in [0.1, 0.15) is 25.6 Å². The molecule has 2 aliphatic rings. The Bertz CT molecular complexity index is 787. The molecule has 0 fully saturated rings. The number of amides is 2. The van der Waals surface area contributed by atoms with Crippen molar-refractivity contribution < 1.29 is 19.1 Å². The van der Waals surface area contributed by atoms with Crippen LogP contribution in [0.4, 0.5) is 11.6 Å². The van der Waals surface area contributed by atoms with Crippen LogP contribution in [0.25, 0.3) is 0 Å². The molecule has 0 bridgehead atoms. The van der Waals surface area contributed by atoms with Gasteiger partial charge < -0.3 is 14.8 Å². The zero-order valence-corrected chi connectivity index (χ0v) is 12.0. The van der Waals surface area contributed by atoms with Gasteiger partial charge >= 0.3 is 0 Å². The van der Waals surface area contributed by atoms with E-state index in [-0.39, 0.29) is 24.2 Å². The topological polar surface area (TPSA) is 107 Å². The number of anilines is 2. The minimum absolute atomic E-state index is 0.00669. The Kier molecular flexibility index (Phi) is 3.11. The zero-order chi connectivity index (χ0) is 15.8. The molecule has 9 heteroatoms. The monoisotopic (exact) mass is 315 g/mol. The number of carbonyl (C=O) groups is 2. The normalized spacial score (nSPS) is 18.8. The van der Waals surface area contributed by atoms with Crippen molar-refractivity contribution >= 4 is 23.5 Å². The molecular formula is C14H13N5O4. The highest BCUT2D eigenvalue weighted by atomic mass is 16.6. The lowest BCUT2D eigenvalue weighted by Gasteiger charge is -2.23. The molecular weight excluding hydrogens is 302 g/mol. The number of carbonyl (C=O) groups excluding carboxylic acids is 2. The maximum atomic E-state index is 12.5. The summed E-state index contributed by atoms with van der Waals surface area (Å²) in [7, 11) is 0. The van der Waals surface area contributed by atoms with E-state index in [2.05, 4.69) is 20.7 Å². The molecule has 23 heavy (non-hydrogen) atoms. The SMILES string of the molecule is O=C1C[C@H](C(=O)Nc2ccc3c(c2)OCCO3)n2ncnc2N1. The van der Waals surface area contributed by atoms with Crippen molar-refractivity contribution in [1.29, 1.82) is 0 Å².